The maximum atomic E-state index is 14.5. The van der Waals surface area contributed by atoms with E-state index in [-0.39, 0.29) is 33.1 Å². The number of amides is 1. The molecule has 5 rings (SSSR count). The Morgan fingerprint density at radius 1 is 0.932 bits per heavy atom. The fourth-order valence-corrected chi connectivity index (χ4v) is 7.69. The van der Waals surface area contributed by atoms with Crippen molar-refractivity contribution in [3.8, 4) is 5.75 Å². The summed E-state index contributed by atoms with van der Waals surface area (Å²) in [5, 5.41) is 3.79. The summed E-state index contributed by atoms with van der Waals surface area (Å²) in [6, 6.07) is 15.4. The van der Waals surface area contributed by atoms with Crippen LogP contribution in [0.25, 0.3) is 21.7 Å². The number of carbonyl (C=O) groups is 2. The lowest BCUT2D eigenvalue weighted by Gasteiger charge is -2.34. The molecule has 0 spiro atoms. The molecule has 0 aliphatic carbocycles. The maximum Gasteiger partial charge on any atom is 0.490 e. The number of piperidine rings is 1. The molecule has 1 aliphatic heterocycles. The van der Waals surface area contributed by atoms with Crippen LogP contribution in [-0.2, 0) is 30.0 Å². The third-order valence-electron chi connectivity index (χ3n) is 8.13. The minimum absolute atomic E-state index is 0.0814. The summed E-state index contributed by atoms with van der Waals surface area (Å²) in [4.78, 5) is 28.2. The molecule has 0 radical (unpaired) electrons. The Bertz CT molecular complexity index is 1860. The van der Waals surface area contributed by atoms with Gasteiger partial charge in [0.1, 0.15) is 5.75 Å². The lowest BCUT2D eigenvalue weighted by atomic mass is 9.90. The second-order valence-corrected chi connectivity index (χ2v) is 12.8. The number of aromatic nitrogens is 1. The highest BCUT2D eigenvalue weighted by Gasteiger charge is 2.51. The first-order chi connectivity index (χ1) is 20.7. The van der Waals surface area contributed by atoms with Crippen molar-refractivity contribution in [2.45, 2.75) is 49.4 Å². The first-order valence-corrected chi connectivity index (χ1v) is 15.4. The number of fused-ring (bicyclic) bond motifs is 2. The number of benzene rings is 3. The van der Waals surface area contributed by atoms with Crippen molar-refractivity contribution in [2.75, 3.05) is 27.2 Å². The van der Waals surface area contributed by atoms with Crippen LogP contribution in [0, 0.1) is 6.92 Å². The molecule has 1 fully saturated rings. The van der Waals surface area contributed by atoms with Crippen LogP contribution in [-0.4, -0.2) is 68.6 Å². The Hall–Kier alpha value is -4.10. The van der Waals surface area contributed by atoms with Crippen LogP contribution < -0.4 is 10.1 Å². The molecule has 4 aromatic rings. The highest BCUT2D eigenvalue weighted by atomic mass is 32.2. The number of alkyl halides is 3. The molecule has 1 saturated heterocycles. The number of methoxy groups -OCH3 is 1. The van der Waals surface area contributed by atoms with E-state index in [0.29, 0.717) is 42.5 Å². The molecule has 13 heteroatoms. The van der Waals surface area contributed by atoms with E-state index in [1.54, 1.807) is 36.4 Å². The van der Waals surface area contributed by atoms with Crippen molar-refractivity contribution < 1.29 is 40.7 Å². The fraction of sp³-hybridized carbons (Fsp3) is 0.355. The van der Waals surface area contributed by atoms with Gasteiger partial charge in [0.15, 0.2) is 0 Å². The van der Waals surface area contributed by atoms with E-state index in [4.69, 9.17) is 9.47 Å². The molecule has 9 nitrogen and oxygen atoms in total. The van der Waals surface area contributed by atoms with Gasteiger partial charge in [-0.05, 0) is 65.0 Å². The number of ether oxygens (including phenoxy) is 2. The Labute approximate surface area is 252 Å². The van der Waals surface area contributed by atoms with Crippen LogP contribution in [0.3, 0.4) is 0 Å². The maximum absolute atomic E-state index is 14.5. The van der Waals surface area contributed by atoms with Gasteiger partial charge in [0, 0.05) is 33.5 Å². The largest absolute Gasteiger partial charge is 0.496 e. The molecule has 234 valence electrons. The summed E-state index contributed by atoms with van der Waals surface area (Å²) in [7, 11) is -1.06. The predicted molar refractivity (Wildman–Crippen MR) is 158 cm³/mol. The smallest absolute Gasteiger partial charge is 0.490 e. The van der Waals surface area contributed by atoms with E-state index < -0.39 is 33.7 Å². The number of rotatable bonds is 7. The Kier molecular flexibility index (Phi) is 8.14. The number of para-hydroxylation sites is 1. The monoisotopic (exact) mass is 631 g/mol. The average Bonchev–Trinajstić information content (AvgIpc) is 3.29. The average molecular weight is 632 g/mol. The number of esters is 1. The molecule has 1 aliphatic rings. The minimum Gasteiger partial charge on any atom is -0.496 e. The standard InChI is InChI=1S/C31H32F3N3O6S/c1-19-27(30(2,43-29(39)31(32,33)34)28(38)35-20-15-17-36(3)18-16-20)23-11-7-8-12-24(23)37(19)44(40,41)26-14-13-25(42-4)21-9-5-6-10-22(21)26/h5-14,20H,15-18H2,1-4H3,(H,35,38). The zero-order valence-electron chi connectivity index (χ0n) is 24.6. The van der Waals surface area contributed by atoms with Gasteiger partial charge >= 0.3 is 12.1 Å². The Morgan fingerprint density at radius 2 is 1.52 bits per heavy atom. The lowest BCUT2D eigenvalue weighted by Crippen LogP contribution is -2.52. The first kappa shape index (κ1) is 31.3. The van der Waals surface area contributed by atoms with Crippen molar-refractivity contribution in [3.05, 3.63) is 71.9 Å². The van der Waals surface area contributed by atoms with Crippen LogP contribution in [0.1, 0.15) is 31.0 Å². The number of carbonyl (C=O) groups excluding carboxylic acids is 2. The van der Waals surface area contributed by atoms with Gasteiger partial charge < -0.3 is 19.7 Å². The highest BCUT2D eigenvalue weighted by molar-refractivity contribution is 7.90. The molecular formula is C31H32F3N3O6S. The van der Waals surface area contributed by atoms with Gasteiger partial charge in [-0.2, -0.15) is 13.2 Å². The second kappa shape index (κ2) is 11.4. The lowest BCUT2D eigenvalue weighted by molar-refractivity contribution is -0.214. The minimum atomic E-state index is -5.41. The highest BCUT2D eigenvalue weighted by Crippen LogP contribution is 2.41. The number of halogens is 3. The van der Waals surface area contributed by atoms with Crippen molar-refractivity contribution in [2.24, 2.45) is 0 Å². The molecule has 3 aromatic carbocycles. The van der Waals surface area contributed by atoms with Crippen molar-refractivity contribution >= 4 is 43.6 Å². The summed E-state index contributed by atoms with van der Waals surface area (Å²) in [5.41, 5.74) is -2.69. The van der Waals surface area contributed by atoms with E-state index in [2.05, 4.69) is 10.2 Å². The van der Waals surface area contributed by atoms with E-state index >= 15 is 0 Å². The van der Waals surface area contributed by atoms with Crippen LogP contribution in [0.2, 0.25) is 0 Å². The van der Waals surface area contributed by atoms with Gasteiger partial charge in [0.25, 0.3) is 15.9 Å². The predicted octanol–water partition coefficient (Wildman–Crippen LogP) is 4.88. The zero-order valence-corrected chi connectivity index (χ0v) is 25.4. The van der Waals surface area contributed by atoms with Gasteiger partial charge in [-0.25, -0.2) is 17.2 Å². The fourth-order valence-electron chi connectivity index (χ4n) is 5.93. The Morgan fingerprint density at radius 3 is 2.14 bits per heavy atom. The van der Waals surface area contributed by atoms with Crippen molar-refractivity contribution in [1.29, 1.82) is 0 Å². The summed E-state index contributed by atoms with van der Waals surface area (Å²) < 4.78 is 81.1. The molecule has 1 amide bonds. The zero-order chi connectivity index (χ0) is 32.0. The molecule has 1 aromatic heterocycles. The van der Waals surface area contributed by atoms with Gasteiger partial charge in [-0.1, -0.05) is 42.5 Å². The van der Waals surface area contributed by atoms with Gasteiger partial charge in [-0.15, -0.1) is 0 Å². The molecule has 1 atom stereocenters. The van der Waals surface area contributed by atoms with Crippen molar-refractivity contribution in [3.63, 3.8) is 0 Å². The number of likely N-dealkylation sites (tertiary alicyclic amines) is 1. The molecule has 0 saturated carbocycles. The van der Waals surface area contributed by atoms with Gasteiger partial charge in [0.05, 0.1) is 17.5 Å². The third kappa shape index (κ3) is 5.38. The van der Waals surface area contributed by atoms with E-state index in [1.165, 1.54) is 38.3 Å². The number of hydrogen-bond donors (Lipinski definition) is 1. The van der Waals surface area contributed by atoms with Gasteiger partial charge in [0.2, 0.25) is 5.60 Å². The topological polar surface area (TPSA) is 107 Å². The third-order valence-corrected chi connectivity index (χ3v) is 10.00. The van der Waals surface area contributed by atoms with Gasteiger partial charge in [-0.3, -0.25) is 4.79 Å². The molecule has 0 bridgehead atoms. The quantitative estimate of drug-likeness (QED) is 0.290. The molecule has 44 heavy (non-hydrogen) atoms. The van der Waals surface area contributed by atoms with Crippen LogP contribution in [0.4, 0.5) is 13.2 Å². The first-order valence-electron chi connectivity index (χ1n) is 13.9. The summed E-state index contributed by atoms with van der Waals surface area (Å²) in [6.07, 6.45) is -4.34. The van der Waals surface area contributed by atoms with Crippen LogP contribution in [0.15, 0.2) is 65.6 Å². The number of hydrogen-bond acceptors (Lipinski definition) is 7. The normalized spacial score (nSPS) is 16.5. The SMILES string of the molecule is COc1ccc(S(=O)(=O)n2c(C)c(C(C)(OC(=O)C(F)(F)F)C(=O)NC3CCN(C)CC3)c3ccccc32)c2ccccc12. The van der Waals surface area contributed by atoms with E-state index in [1.807, 2.05) is 7.05 Å². The second-order valence-electron chi connectivity index (χ2n) is 11.0. The summed E-state index contributed by atoms with van der Waals surface area (Å²) in [6.45, 7) is 3.74. The molecule has 2 heterocycles. The van der Waals surface area contributed by atoms with Crippen LogP contribution >= 0.6 is 0 Å². The Balaban J connectivity index is 1.73. The summed E-state index contributed by atoms with van der Waals surface area (Å²) >= 11 is 0. The molecule has 1 N–H and O–H groups in total. The number of nitrogens with zero attached hydrogens (tertiary/aromatic N) is 2. The van der Waals surface area contributed by atoms with Crippen molar-refractivity contribution in [1.82, 2.24) is 14.2 Å². The number of nitrogens with one attached hydrogen (secondary N) is 1. The summed E-state index contributed by atoms with van der Waals surface area (Å²) in [5.74, 6) is -3.10. The van der Waals surface area contributed by atoms with E-state index in [9.17, 15) is 31.2 Å². The van der Waals surface area contributed by atoms with Crippen LogP contribution in [0.5, 0.6) is 5.75 Å². The van der Waals surface area contributed by atoms with E-state index in [0.717, 1.165) is 10.9 Å². The molecular weight excluding hydrogens is 599 g/mol. The molecule has 1 unspecified atom stereocenters.